The molecular weight excluding hydrogens is 244 g/mol. The largest absolute Gasteiger partial charge is 0.459 e. The van der Waals surface area contributed by atoms with Crippen molar-refractivity contribution < 1.29 is 14.3 Å². The van der Waals surface area contributed by atoms with Crippen LogP contribution in [0, 0.1) is 0 Å². The van der Waals surface area contributed by atoms with Gasteiger partial charge < -0.3 is 9.47 Å². The fraction of sp³-hybridized carbons (Fsp3) is 0.545. The third kappa shape index (κ3) is 3.23. The van der Waals surface area contributed by atoms with E-state index in [4.69, 9.17) is 9.47 Å². The zero-order valence-corrected chi connectivity index (χ0v) is 10.6. The molecule has 1 aromatic heterocycles. The number of hydrogen-bond acceptors (Lipinski definition) is 5. The molecule has 1 aliphatic rings. The molecular formula is C11H14O3S2. The van der Waals surface area contributed by atoms with Crippen molar-refractivity contribution in [2.75, 3.05) is 13.2 Å². The molecule has 3 nitrogen and oxygen atoms in total. The van der Waals surface area contributed by atoms with Gasteiger partial charge in [-0.15, -0.1) is 24.0 Å². The maximum absolute atomic E-state index is 11.6. The van der Waals surface area contributed by atoms with E-state index in [0.717, 1.165) is 30.8 Å². The molecule has 0 saturated carbocycles. The van der Waals surface area contributed by atoms with Crippen LogP contribution < -0.4 is 0 Å². The summed E-state index contributed by atoms with van der Waals surface area (Å²) in [6.45, 7) is 1.14. The summed E-state index contributed by atoms with van der Waals surface area (Å²) >= 11 is 5.50. The smallest absolute Gasteiger partial charge is 0.348 e. The number of rotatable bonds is 3. The molecule has 1 aliphatic heterocycles. The van der Waals surface area contributed by atoms with E-state index in [-0.39, 0.29) is 12.1 Å². The lowest BCUT2D eigenvalue weighted by atomic mass is 10.1. The number of hydrogen-bond donors (Lipinski definition) is 1. The molecule has 0 radical (unpaired) electrons. The predicted octanol–water partition coefficient (Wildman–Crippen LogP) is 2.76. The molecule has 16 heavy (non-hydrogen) atoms. The standard InChI is InChI=1S/C11H14O3S2/c12-11(10-5-9(15)7-16-10)14-6-8-3-1-2-4-13-8/h5,7-8,15H,1-4,6H2. The Kier molecular flexibility index (Phi) is 4.26. The molecule has 0 amide bonds. The third-order valence-corrected chi connectivity index (χ3v) is 3.80. The van der Waals surface area contributed by atoms with Crippen molar-refractivity contribution in [2.45, 2.75) is 30.3 Å². The maximum atomic E-state index is 11.6. The van der Waals surface area contributed by atoms with Crippen molar-refractivity contribution in [1.29, 1.82) is 0 Å². The van der Waals surface area contributed by atoms with Crippen LogP contribution in [0.2, 0.25) is 0 Å². The summed E-state index contributed by atoms with van der Waals surface area (Å²) < 4.78 is 10.7. The van der Waals surface area contributed by atoms with Crippen molar-refractivity contribution in [2.24, 2.45) is 0 Å². The highest BCUT2D eigenvalue weighted by Gasteiger charge is 2.17. The summed E-state index contributed by atoms with van der Waals surface area (Å²) in [5.41, 5.74) is 0. The molecule has 1 saturated heterocycles. The van der Waals surface area contributed by atoms with Gasteiger partial charge in [-0.2, -0.15) is 0 Å². The van der Waals surface area contributed by atoms with Crippen LogP contribution in [0.25, 0.3) is 0 Å². The third-order valence-electron chi connectivity index (χ3n) is 2.46. The normalized spacial score (nSPS) is 20.7. The van der Waals surface area contributed by atoms with Crippen LogP contribution in [0.4, 0.5) is 0 Å². The molecule has 2 rings (SSSR count). The van der Waals surface area contributed by atoms with Crippen LogP contribution in [0.1, 0.15) is 28.9 Å². The van der Waals surface area contributed by atoms with Gasteiger partial charge in [0.2, 0.25) is 0 Å². The Labute approximate surface area is 104 Å². The van der Waals surface area contributed by atoms with Gasteiger partial charge in [0.25, 0.3) is 0 Å². The number of esters is 1. The molecule has 88 valence electrons. The summed E-state index contributed by atoms with van der Waals surface area (Å²) in [6.07, 6.45) is 3.32. The van der Waals surface area contributed by atoms with E-state index in [9.17, 15) is 4.79 Å². The average Bonchev–Trinajstić information content (AvgIpc) is 2.74. The minimum Gasteiger partial charge on any atom is -0.459 e. The predicted molar refractivity (Wildman–Crippen MR) is 65.4 cm³/mol. The summed E-state index contributed by atoms with van der Waals surface area (Å²) in [5, 5.41) is 1.82. The molecule has 0 N–H and O–H groups in total. The number of thiol groups is 1. The molecule has 5 heteroatoms. The van der Waals surface area contributed by atoms with E-state index >= 15 is 0 Å². The van der Waals surface area contributed by atoms with Crippen LogP contribution in [-0.2, 0) is 9.47 Å². The van der Waals surface area contributed by atoms with Gasteiger partial charge in [-0.25, -0.2) is 4.79 Å². The van der Waals surface area contributed by atoms with Gasteiger partial charge in [-0.05, 0) is 25.3 Å². The van der Waals surface area contributed by atoms with Crippen molar-refractivity contribution in [3.8, 4) is 0 Å². The number of thiophene rings is 1. The van der Waals surface area contributed by atoms with Gasteiger partial charge in [0, 0.05) is 16.9 Å². The Balaban J connectivity index is 1.79. The minimum atomic E-state index is -0.278. The first-order valence-corrected chi connectivity index (χ1v) is 6.64. The summed E-state index contributed by atoms with van der Waals surface area (Å²) in [6, 6.07) is 1.72. The van der Waals surface area contributed by atoms with Gasteiger partial charge >= 0.3 is 5.97 Å². The highest BCUT2D eigenvalue weighted by Crippen LogP contribution is 2.19. The van der Waals surface area contributed by atoms with Crippen LogP contribution >= 0.6 is 24.0 Å². The van der Waals surface area contributed by atoms with Crippen molar-refractivity contribution in [3.05, 3.63) is 16.3 Å². The Bertz CT molecular complexity index is 356. The first kappa shape index (κ1) is 12.0. The van der Waals surface area contributed by atoms with Crippen LogP contribution in [0.5, 0.6) is 0 Å². The zero-order chi connectivity index (χ0) is 11.4. The van der Waals surface area contributed by atoms with E-state index in [1.807, 2.05) is 5.38 Å². The fourth-order valence-corrected chi connectivity index (χ4v) is 2.65. The Morgan fingerprint density at radius 3 is 3.12 bits per heavy atom. The van der Waals surface area contributed by atoms with E-state index in [2.05, 4.69) is 12.6 Å². The van der Waals surface area contributed by atoms with Crippen LogP contribution in [0.3, 0.4) is 0 Å². The summed E-state index contributed by atoms with van der Waals surface area (Å²) in [5.74, 6) is -0.278. The lowest BCUT2D eigenvalue weighted by molar-refractivity contribution is -0.0298. The first-order valence-electron chi connectivity index (χ1n) is 5.32. The second-order valence-electron chi connectivity index (χ2n) is 3.76. The number of carbonyl (C=O) groups is 1. The Morgan fingerprint density at radius 1 is 1.62 bits per heavy atom. The minimum absolute atomic E-state index is 0.0770. The van der Waals surface area contributed by atoms with Gasteiger partial charge in [0.15, 0.2) is 0 Å². The van der Waals surface area contributed by atoms with E-state index in [1.54, 1.807) is 6.07 Å². The molecule has 1 fully saturated rings. The molecule has 2 heterocycles. The molecule has 0 bridgehead atoms. The zero-order valence-electron chi connectivity index (χ0n) is 8.85. The highest BCUT2D eigenvalue weighted by molar-refractivity contribution is 7.80. The lowest BCUT2D eigenvalue weighted by Gasteiger charge is -2.21. The topological polar surface area (TPSA) is 35.5 Å². The second kappa shape index (κ2) is 5.70. The van der Waals surface area contributed by atoms with Crippen LogP contribution in [0.15, 0.2) is 16.3 Å². The molecule has 1 unspecified atom stereocenters. The molecule has 1 aromatic rings. The molecule has 0 aromatic carbocycles. The second-order valence-corrected chi connectivity index (χ2v) is 5.18. The van der Waals surface area contributed by atoms with Gasteiger partial charge in [-0.1, -0.05) is 0 Å². The SMILES string of the molecule is O=C(OCC1CCCCO1)c1cc(S)cs1. The van der Waals surface area contributed by atoms with Gasteiger partial charge in [-0.3, -0.25) is 0 Å². The molecule has 0 aliphatic carbocycles. The maximum Gasteiger partial charge on any atom is 0.348 e. The summed E-state index contributed by atoms with van der Waals surface area (Å²) in [7, 11) is 0. The molecule has 1 atom stereocenters. The highest BCUT2D eigenvalue weighted by atomic mass is 32.1. The van der Waals surface area contributed by atoms with E-state index < -0.39 is 0 Å². The van der Waals surface area contributed by atoms with Crippen molar-refractivity contribution in [3.63, 3.8) is 0 Å². The van der Waals surface area contributed by atoms with Crippen LogP contribution in [-0.4, -0.2) is 25.3 Å². The monoisotopic (exact) mass is 258 g/mol. The Hall–Kier alpha value is -0.520. The number of ether oxygens (including phenoxy) is 2. The quantitative estimate of drug-likeness (QED) is 0.669. The van der Waals surface area contributed by atoms with Crippen molar-refractivity contribution >= 4 is 29.9 Å². The Morgan fingerprint density at radius 2 is 2.50 bits per heavy atom. The van der Waals surface area contributed by atoms with Gasteiger partial charge in [0.05, 0.1) is 6.10 Å². The number of carbonyl (C=O) groups excluding carboxylic acids is 1. The fourth-order valence-electron chi connectivity index (χ4n) is 1.61. The van der Waals surface area contributed by atoms with E-state index in [0.29, 0.717) is 11.5 Å². The lowest BCUT2D eigenvalue weighted by Crippen LogP contribution is -2.25. The first-order chi connectivity index (χ1) is 7.75. The van der Waals surface area contributed by atoms with Gasteiger partial charge in [0.1, 0.15) is 11.5 Å². The van der Waals surface area contributed by atoms with Crippen molar-refractivity contribution in [1.82, 2.24) is 0 Å². The average molecular weight is 258 g/mol. The summed E-state index contributed by atoms with van der Waals surface area (Å²) in [4.78, 5) is 13.0. The van der Waals surface area contributed by atoms with E-state index in [1.165, 1.54) is 11.3 Å². The molecule has 0 spiro atoms.